The number of benzene rings is 2. The number of rotatable bonds is 5. The lowest BCUT2D eigenvalue weighted by Crippen LogP contribution is -2.19. The predicted octanol–water partition coefficient (Wildman–Crippen LogP) is 3.68. The number of thioether (sulfide) groups is 1. The van der Waals surface area contributed by atoms with Crippen molar-refractivity contribution in [2.45, 2.75) is 6.92 Å². The first-order chi connectivity index (χ1) is 12.5. The van der Waals surface area contributed by atoms with Crippen LogP contribution < -0.4 is 10.1 Å². The average Bonchev–Trinajstić information content (AvgIpc) is 2.96. The van der Waals surface area contributed by atoms with E-state index in [4.69, 9.17) is 9.84 Å². The Morgan fingerprint density at radius 3 is 2.50 bits per heavy atom. The van der Waals surface area contributed by atoms with Crippen molar-refractivity contribution in [3.8, 4) is 5.75 Å². The predicted molar refractivity (Wildman–Crippen MR) is 102 cm³/mol. The first kappa shape index (κ1) is 17.8. The minimum absolute atomic E-state index is 0.202. The number of nitrogens with zero attached hydrogens (tertiary/aromatic N) is 1. The van der Waals surface area contributed by atoms with Crippen LogP contribution in [0.1, 0.15) is 22.8 Å². The first-order valence-electron chi connectivity index (χ1n) is 7.91. The van der Waals surface area contributed by atoms with E-state index in [-0.39, 0.29) is 11.5 Å². The van der Waals surface area contributed by atoms with Gasteiger partial charge in [0.15, 0.2) is 5.17 Å². The Labute approximate surface area is 154 Å². The maximum Gasteiger partial charge on any atom is 0.335 e. The number of aromatic carboxylic acids is 1. The van der Waals surface area contributed by atoms with Crippen molar-refractivity contribution in [2.75, 3.05) is 6.61 Å². The number of amides is 1. The minimum atomic E-state index is -0.984. The van der Waals surface area contributed by atoms with Crippen molar-refractivity contribution in [1.29, 1.82) is 0 Å². The van der Waals surface area contributed by atoms with Crippen LogP contribution in [0, 0.1) is 0 Å². The fraction of sp³-hybridized carbons (Fsp3) is 0.105. The maximum atomic E-state index is 12.1. The molecule has 0 aliphatic carbocycles. The van der Waals surface area contributed by atoms with Crippen LogP contribution in [-0.4, -0.2) is 28.8 Å². The highest BCUT2D eigenvalue weighted by Gasteiger charge is 2.23. The topological polar surface area (TPSA) is 88.0 Å². The van der Waals surface area contributed by atoms with Crippen molar-refractivity contribution in [3.05, 3.63) is 64.6 Å². The van der Waals surface area contributed by atoms with Gasteiger partial charge in [0, 0.05) is 0 Å². The van der Waals surface area contributed by atoms with Gasteiger partial charge in [-0.15, -0.1) is 0 Å². The third kappa shape index (κ3) is 4.31. The highest BCUT2D eigenvalue weighted by atomic mass is 32.2. The lowest BCUT2D eigenvalue weighted by atomic mass is 10.1. The Bertz CT molecular complexity index is 887. The number of hydrogen-bond acceptors (Lipinski definition) is 5. The normalized spacial score (nSPS) is 16.7. The zero-order chi connectivity index (χ0) is 18.5. The fourth-order valence-corrected chi connectivity index (χ4v) is 3.10. The quantitative estimate of drug-likeness (QED) is 0.786. The van der Waals surface area contributed by atoms with E-state index in [1.807, 2.05) is 31.2 Å². The molecule has 0 atom stereocenters. The van der Waals surface area contributed by atoms with E-state index in [2.05, 4.69) is 10.3 Å². The van der Waals surface area contributed by atoms with E-state index < -0.39 is 5.97 Å². The number of hydrogen-bond donors (Lipinski definition) is 2. The van der Waals surface area contributed by atoms with Gasteiger partial charge in [0.2, 0.25) is 0 Å². The smallest absolute Gasteiger partial charge is 0.335 e. The van der Waals surface area contributed by atoms with Crippen molar-refractivity contribution >= 4 is 40.6 Å². The highest BCUT2D eigenvalue weighted by Crippen LogP contribution is 2.28. The molecule has 1 saturated heterocycles. The van der Waals surface area contributed by atoms with Crippen molar-refractivity contribution < 1.29 is 19.4 Å². The van der Waals surface area contributed by atoms with Crippen LogP contribution in [0.2, 0.25) is 0 Å². The Kier molecular flexibility index (Phi) is 5.38. The zero-order valence-electron chi connectivity index (χ0n) is 13.9. The Balaban J connectivity index is 1.74. The van der Waals surface area contributed by atoms with Gasteiger partial charge in [0.05, 0.1) is 22.8 Å². The molecule has 1 amide bonds. The molecule has 132 valence electrons. The molecule has 1 fully saturated rings. The summed E-state index contributed by atoms with van der Waals surface area (Å²) < 4.78 is 5.39. The van der Waals surface area contributed by atoms with E-state index >= 15 is 0 Å². The molecule has 7 heteroatoms. The molecule has 0 unspecified atom stereocenters. The van der Waals surface area contributed by atoms with Gasteiger partial charge in [-0.1, -0.05) is 12.1 Å². The standard InChI is InChI=1S/C19H16N2O4S/c1-2-25-15-9-7-14(8-10-15)20-19-21-17(22)16(26-19)11-12-3-5-13(6-4-12)18(23)24/h3-11H,2H2,1H3,(H,23,24)(H,20,21,22). The number of carbonyl (C=O) groups is 2. The number of carbonyl (C=O) groups excluding carboxylic acids is 1. The van der Waals surface area contributed by atoms with Crippen LogP contribution in [0.5, 0.6) is 5.75 Å². The zero-order valence-corrected chi connectivity index (χ0v) is 14.7. The molecule has 0 spiro atoms. The molecule has 1 aliphatic rings. The molecule has 2 aromatic carbocycles. The van der Waals surface area contributed by atoms with E-state index in [0.717, 1.165) is 11.3 Å². The van der Waals surface area contributed by atoms with E-state index in [1.54, 1.807) is 18.2 Å². The monoisotopic (exact) mass is 368 g/mol. The second-order valence-corrected chi connectivity index (χ2v) is 6.37. The summed E-state index contributed by atoms with van der Waals surface area (Å²) in [5.41, 5.74) is 1.66. The molecule has 6 nitrogen and oxygen atoms in total. The Morgan fingerprint density at radius 1 is 1.19 bits per heavy atom. The van der Waals surface area contributed by atoms with Crippen molar-refractivity contribution in [2.24, 2.45) is 4.99 Å². The molecule has 3 rings (SSSR count). The second-order valence-electron chi connectivity index (χ2n) is 5.34. The molecule has 0 radical (unpaired) electrons. The van der Waals surface area contributed by atoms with Gasteiger partial charge in [0.1, 0.15) is 5.75 Å². The van der Waals surface area contributed by atoms with Crippen LogP contribution in [-0.2, 0) is 4.79 Å². The van der Waals surface area contributed by atoms with Crippen molar-refractivity contribution in [3.63, 3.8) is 0 Å². The van der Waals surface area contributed by atoms with Gasteiger partial charge in [-0.05, 0) is 66.7 Å². The lowest BCUT2D eigenvalue weighted by Gasteiger charge is -2.02. The molecular weight excluding hydrogens is 352 g/mol. The van der Waals surface area contributed by atoms with Crippen LogP contribution >= 0.6 is 11.8 Å². The van der Waals surface area contributed by atoms with Crippen LogP contribution in [0.3, 0.4) is 0 Å². The van der Waals surface area contributed by atoms with Gasteiger partial charge in [-0.25, -0.2) is 9.79 Å². The molecule has 26 heavy (non-hydrogen) atoms. The first-order valence-corrected chi connectivity index (χ1v) is 8.72. The van der Waals surface area contributed by atoms with E-state index in [9.17, 15) is 9.59 Å². The molecule has 2 aromatic rings. The number of aliphatic imine (C=N–C) groups is 1. The van der Waals surface area contributed by atoms with E-state index in [0.29, 0.717) is 22.4 Å². The Morgan fingerprint density at radius 2 is 1.88 bits per heavy atom. The highest BCUT2D eigenvalue weighted by molar-refractivity contribution is 8.18. The number of amidine groups is 1. The maximum absolute atomic E-state index is 12.1. The largest absolute Gasteiger partial charge is 0.494 e. The molecule has 0 saturated carbocycles. The number of nitrogens with one attached hydrogen (secondary N) is 1. The third-order valence-electron chi connectivity index (χ3n) is 3.48. The summed E-state index contributed by atoms with van der Waals surface area (Å²) in [5.74, 6) is -0.450. The fourth-order valence-electron chi connectivity index (χ4n) is 2.25. The van der Waals surface area contributed by atoms with Crippen LogP contribution in [0.4, 0.5) is 5.69 Å². The molecule has 0 bridgehead atoms. The van der Waals surface area contributed by atoms with Gasteiger partial charge in [0.25, 0.3) is 5.91 Å². The molecule has 0 aromatic heterocycles. The van der Waals surface area contributed by atoms with Crippen LogP contribution in [0.25, 0.3) is 6.08 Å². The van der Waals surface area contributed by atoms with Gasteiger partial charge < -0.3 is 15.2 Å². The summed E-state index contributed by atoms with van der Waals surface area (Å²) in [6, 6.07) is 13.6. The second kappa shape index (κ2) is 7.88. The van der Waals surface area contributed by atoms with Gasteiger partial charge >= 0.3 is 5.97 Å². The molecule has 1 heterocycles. The van der Waals surface area contributed by atoms with E-state index in [1.165, 1.54) is 23.9 Å². The minimum Gasteiger partial charge on any atom is -0.494 e. The summed E-state index contributed by atoms with van der Waals surface area (Å²) >= 11 is 1.24. The molecular formula is C19H16N2O4S. The SMILES string of the molecule is CCOc1ccc(N=C2NC(=O)C(=Cc3ccc(C(=O)O)cc3)S2)cc1. The van der Waals surface area contributed by atoms with Gasteiger partial charge in [-0.2, -0.15) is 0 Å². The van der Waals surface area contributed by atoms with Gasteiger partial charge in [-0.3, -0.25) is 4.79 Å². The summed E-state index contributed by atoms with van der Waals surface area (Å²) in [5, 5.41) is 12.1. The third-order valence-corrected chi connectivity index (χ3v) is 4.39. The molecule has 2 N–H and O–H groups in total. The van der Waals surface area contributed by atoms with Crippen molar-refractivity contribution in [1.82, 2.24) is 5.32 Å². The Hall–Kier alpha value is -3.06. The summed E-state index contributed by atoms with van der Waals surface area (Å²) in [4.78, 5) is 27.9. The number of carboxylic acids is 1. The number of carboxylic acid groups (broad SMARTS) is 1. The molecule has 1 aliphatic heterocycles. The summed E-state index contributed by atoms with van der Waals surface area (Å²) in [6.07, 6.45) is 1.70. The summed E-state index contributed by atoms with van der Waals surface area (Å²) in [7, 11) is 0. The van der Waals surface area contributed by atoms with Crippen LogP contribution in [0.15, 0.2) is 58.4 Å². The average molecular weight is 368 g/mol. The summed E-state index contributed by atoms with van der Waals surface area (Å²) in [6.45, 7) is 2.52. The lowest BCUT2D eigenvalue weighted by molar-refractivity contribution is -0.115. The number of ether oxygens (including phenoxy) is 1.